The molecule has 1 N–H and O–H groups in total. The summed E-state index contributed by atoms with van der Waals surface area (Å²) in [7, 11) is 0.137. The van der Waals surface area contributed by atoms with Gasteiger partial charge >= 0.3 is 0 Å². The van der Waals surface area contributed by atoms with Crippen molar-refractivity contribution in [1.82, 2.24) is 24.2 Å². The molecule has 1 aliphatic heterocycles. The second-order valence-electron chi connectivity index (χ2n) is 8.10. The molecule has 5 rings (SSSR count). The number of piperazine rings is 1. The fourth-order valence-electron chi connectivity index (χ4n) is 4.01. The molecule has 0 aliphatic carbocycles. The molecule has 0 unspecified atom stereocenters. The maximum absolute atomic E-state index is 13.0. The van der Waals surface area contributed by atoms with Gasteiger partial charge in [-0.3, -0.25) is 0 Å². The van der Waals surface area contributed by atoms with Crippen LogP contribution in [0.5, 0.6) is 5.75 Å². The van der Waals surface area contributed by atoms with E-state index in [2.05, 4.69) is 14.9 Å². The molecular weight excluding hydrogens is 474 g/mol. The van der Waals surface area contributed by atoms with E-state index < -0.39 is 10.0 Å². The number of hydrogen-bond acceptors (Lipinski definition) is 6. The predicted molar refractivity (Wildman–Crippen MR) is 135 cm³/mol. The summed E-state index contributed by atoms with van der Waals surface area (Å²) >= 11 is 0. The molecule has 2 aromatic heterocycles. The highest BCUT2D eigenvalue weighted by atomic mass is 35.5. The van der Waals surface area contributed by atoms with Crippen molar-refractivity contribution in [3.05, 3.63) is 60.8 Å². The molecule has 0 radical (unpaired) electrons. The van der Waals surface area contributed by atoms with Gasteiger partial charge in [-0.1, -0.05) is 12.1 Å². The lowest BCUT2D eigenvalue weighted by Crippen LogP contribution is -2.46. The molecule has 1 saturated heterocycles. The number of H-pyrrole nitrogens is 1. The fraction of sp³-hybridized carbons (Fsp3) is 0.250. The molecule has 178 valence electrons. The zero-order valence-corrected chi connectivity index (χ0v) is 20.6. The van der Waals surface area contributed by atoms with E-state index in [1.165, 1.54) is 0 Å². The molecular formula is C24H26ClN5O3S. The molecule has 4 aromatic rings. The SMILES string of the molecule is COc1ccc(-c2ccnc3[nH]c(-c4ccc(S(=O)(=O)N5CCN(C)CC5)cc4)nc23)cc1.Cl. The average molecular weight is 500 g/mol. The summed E-state index contributed by atoms with van der Waals surface area (Å²) in [6.45, 7) is 2.48. The molecule has 0 saturated carbocycles. The average Bonchev–Trinajstić information content (AvgIpc) is 3.29. The van der Waals surface area contributed by atoms with Crippen molar-refractivity contribution in [2.75, 3.05) is 40.3 Å². The summed E-state index contributed by atoms with van der Waals surface area (Å²) in [5.74, 6) is 1.43. The van der Waals surface area contributed by atoms with Gasteiger partial charge in [-0.05, 0) is 55.1 Å². The van der Waals surface area contributed by atoms with Gasteiger partial charge in [-0.25, -0.2) is 18.4 Å². The normalized spacial score (nSPS) is 15.2. The van der Waals surface area contributed by atoms with Crippen molar-refractivity contribution in [2.24, 2.45) is 0 Å². The van der Waals surface area contributed by atoms with Crippen LogP contribution >= 0.6 is 12.4 Å². The van der Waals surface area contributed by atoms with Crippen LogP contribution in [0.2, 0.25) is 0 Å². The van der Waals surface area contributed by atoms with E-state index in [-0.39, 0.29) is 12.4 Å². The lowest BCUT2D eigenvalue weighted by molar-refractivity contribution is 0.222. The summed E-state index contributed by atoms with van der Waals surface area (Å²) in [5.41, 5.74) is 4.19. The number of aromatic amines is 1. The van der Waals surface area contributed by atoms with Gasteiger partial charge in [0.05, 0.1) is 12.0 Å². The van der Waals surface area contributed by atoms with E-state index in [9.17, 15) is 8.42 Å². The molecule has 8 nitrogen and oxygen atoms in total. The van der Waals surface area contributed by atoms with Crippen molar-refractivity contribution >= 4 is 33.6 Å². The number of nitrogens with zero attached hydrogens (tertiary/aromatic N) is 4. The Morgan fingerprint density at radius 1 is 0.912 bits per heavy atom. The number of imidazole rings is 1. The monoisotopic (exact) mass is 499 g/mol. The first-order valence-corrected chi connectivity index (χ1v) is 12.2. The van der Waals surface area contributed by atoms with Crippen LogP contribution in [0.3, 0.4) is 0 Å². The van der Waals surface area contributed by atoms with E-state index in [0.29, 0.717) is 29.5 Å². The second kappa shape index (κ2) is 9.71. The molecule has 0 bridgehead atoms. The minimum absolute atomic E-state index is 0. The zero-order chi connectivity index (χ0) is 23.0. The van der Waals surface area contributed by atoms with Crippen LogP contribution in [-0.2, 0) is 10.0 Å². The number of likely N-dealkylation sites (N-methyl/N-ethyl adjacent to an activating group) is 1. The Labute approximate surface area is 205 Å². The Bertz CT molecular complexity index is 1380. The first kappa shape index (κ1) is 24.2. The van der Waals surface area contributed by atoms with Gasteiger partial charge in [-0.15, -0.1) is 12.4 Å². The summed E-state index contributed by atoms with van der Waals surface area (Å²) < 4.78 is 32.8. The lowest BCUT2D eigenvalue weighted by Gasteiger charge is -2.31. The van der Waals surface area contributed by atoms with Gasteiger partial charge in [0, 0.05) is 43.5 Å². The van der Waals surface area contributed by atoms with E-state index in [1.54, 1.807) is 41.9 Å². The Kier molecular flexibility index (Phi) is 6.90. The third-order valence-electron chi connectivity index (χ3n) is 6.01. The van der Waals surface area contributed by atoms with E-state index in [4.69, 9.17) is 9.72 Å². The Morgan fingerprint density at radius 3 is 2.21 bits per heavy atom. The molecule has 0 amide bonds. The highest BCUT2D eigenvalue weighted by molar-refractivity contribution is 7.89. The minimum Gasteiger partial charge on any atom is -0.497 e. The van der Waals surface area contributed by atoms with E-state index >= 15 is 0 Å². The molecule has 0 atom stereocenters. The predicted octanol–water partition coefficient (Wildman–Crippen LogP) is 3.66. The quantitative estimate of drug-likeness (QED) is 0.450. The Balaban J connectivity index is 0.00000274. The van der Waals surface area contributed by atoms with Crippen LogP contribution in [0.25, 0.3) is 33.7 Å². The number of fused-ring (bicyclic) bond motifs is 1. The van der Waals surface area contributed by atoms with Gasteiger partial charge in [0.15, 0.2) is 5.65 Å². The van der Waals surface area contributed by atoms with Gasteiger partial charge in [0.2, 0.25) is 10.0 Å². The number of pyridine rings is 1. The van der Waals surface area contributed by atoms with Crippen molar-refractivity contribution in [3.8, 4) is 28.3 Å². The number of aromatic nitrogens is 3. The highest BCUT2D eigenvalue weighted by Crippen LogP contribution is 2.30. The summed E-state index contributed by atoms with van der Waals surface area (Å²) in [6.07, 6.45) is 1.75. The smallest absolute Gasteiger partial charge is 0.243 e. The Morgan fingerprint density at radius 2 is 1.56 bits per heavy atom. The van der Waals surface area contributed by atoms with Crippen LogP contribution < -0.4 is 4.74 Å². The van der Waals surface area contributed by atoms with Crippen LogP contribution in [0.1, 0.15) is 0 Å². The van der Waals surface area contributed by atoms with Crippen molar-refractivity contribution in [2.45, 2.75) is 4.90 Å². The number of hydrogen-bond donors (Lipinski definition) is 1. The molecule has 10 heteroatoms. The van der Waals surface area contributed by atoms with E-state index in [0.717, 1.165) is 41.0 Å². The largest absolute Gasteiger partial charge is 0.497 e. The Hall–Kier alpha value is -2.98. The minimum atomic E-state index is -3.50. The van der Waals surface area contributed by atoms with Gasteiger partial charge in [-0.2, -0.15) is 4.31 Å². The number of benzene rings is 2. The van der Waals surface area contributed by atoms with Crippen molar-refractivity contribution < 1.29 is 13.2 Å². The lowest BCUT2D eigenvalue weighted by atomic mass is 10.1. The molecule has 34 heavy (non-hydrogen) atoms. The van der Waals surface area contributed by atoms with Gasteiger partial charge in [0.25, 0.3) is 0 Å². The number of halogens is 1. The van der Waals surface area contributed by atoms with Gasteiger partial charge in [0.1, 0.15) is 17.1 Å². The van der Waals surface area contributed by atoms with Crippen LogP contribution in [-0.4, -0.2) is 72.9 Å². The topological polar surface area (TPSA) is 91.4 Å². The number of rotatable bonds is 5. The van der Waals surface area contributed by atoms with Crippen molar-refractivity contribution in [1.29, 1.82) is 0 Å². The first-order valence-electron chi connectivity index (χ1n) is 10.7. The van der Waals surface area contributed by atoms with Crippen molar-refractivity contribution in [3.63, 3.8) is 0 Å². The zero-order valence-electron chi connectivity index (χ0n) is 18.9. The fourth-order valence-corrected chi connectivity index (χ4v) is 5.44. The van der Waals surface area contributed by atoms with Crippen LogP contribution in [0.4, 0.5) is 0 Å². The summed E-state index contributed by atoms with van der Waals surface area (Å²) in [5, 5.41) is 0. The van der Waals surface area contributed by atoms with Gasteiger partial charge < -0.3 is 14.6 Å². The number of nitrogens with one attached hydrogen (secondary N) is 1. The third-order valence-corrected chi connectivity index (χ3v) is 7.93. The highest BCUT2D eigenvalue weighted by Gasteiger charge is 2.27. The molecule has 3 heterocycles. The first-order chi connectivity index (χ1) is 16.0. The molecule has 2 aromatic carbocycles. The maximum atomic E-state index is 13.0. The third kappa shape index (κ3) is 4.52. The van der Waals surface area contributed by atoms with E-state index in [1.807, 2.05) is 37.4 Å². The maximum Gasteiger partial charge on any atom is 0.243 e. The molecule has 1 fully saturated rings. The number of ether oxygens (including phenoxy) is 1. The standard InChI is InChI=1S/C24H25N5O3S.ClH/c1-28-13-15-29(16-14-28)33(30,31)20-9-5-18(6-10-20)23-26-22-21(11-12-25-24(22)27-23)17-3-7-19(32-2)8-4-17;/h3-12H,13-16H2,1-2H3,(H,25,26,27);1H. The van der Waals surface area contributed by atoms with Crippen LogP contribution in [0.15, 0.2) is 65.7 Å². The second-order valence-corrected chi connectivity index (χ2v) is 10.0. The summed E-state index contributed by atoms with van der Waals surface area (Å²) in [6, 6.07) is 16.6. The molecule has 1 aliphatic rings. The number of sulfonamides is 1. The number of methoxy groups -OCH3 is 1. The summed E-state index contributed by atoms with van der Waals surface area (Å²) in [4.78, 5) is 14.9. The van der Waals surface area contributed by atoms with Crippen LogP contribution in [0, 0.1) is 0 Å². The molecule has 0 spiro atoms.